The summed E-state index contributed by atoms with van der Waals surface area (Å²) < 4.78 is 0. The van der Waals surface area contributed by atoms with Gasteiger partial charge in [-0.3, -0.25) is 0 Å². The normalized spacial score (nSPS) is 30.5. The van der Waals surface area contributed by atoms with Gasteiger partial charge in [0.15, 0.2) is 0 Å². The number of hydrogen-bond donors (Lipinski definition) is 1. The lowest BCUT2D eigenvalue weighted by Crippen LogP contribution is -2.22. The van der Waals surface area contributed by atoms with Crippen LogP contribution in [0.25, 0.3) is 0 Å². The van der Waals surface area contributed by atoms with Gasteiger partial charge >= 0.3 is 0 Å². The van der Waals surface area contributed by atoms with Gasteiger partial charge in [0.05, 0.1) is 0 Å². The van der Waals surface area contributed by atoms with Crippen LogP contribution in [0.4, 0.5) is 0 Å². The van der Waals surface area contributed by atoms with Crippen molar-refractivity contribution in [2.75, 3.05) is 7.05 Å². The van der Waals surface area contributed by atoms with Gasteiger partial charge < -0.3 is 5.32 Å². The summed E-state index contributed by atoms with van der Waals surface area (Å²) in [5.41, 5.74) is 2.96. The number of hydrogen-bond acceptors (Lipinski definition) is 1. The Labute approximate surface area is 130 Å². The highest BCUT2D eigenvalue weighted by Crippen LogP contribution is 2.50. The van der Waals surface area contributed by atoms with Crippen molar-refractivity contribution >= 4 is 0 Å². The van der Waals surface area contributed by atoms with E-state index in [1.165, 1.54) is 49.7 Å². The molecule has 5 atom stereocenters. The van der Waals surface area contributed by atoms with Gasteiger partial charge in [0.2, 0.25) is 0 Å². The maximum atomic E-state index is 3.57. The van der Waals surface area contributed by atoms with Gasteiger partial charge in [-0.2, -0.15) is 0 Å². The summed E-state index contributed by atoms with van der Waals surface area (Å²) in [7, 11) is 2.13. The molecule has 0 spiro atoms. The minimum Gasteiger partial charge on any atom is -0.313 e. The number of rotatable bonds is 6. The smallest absolute Gasteiger partial charge is 0.0320 e. The standard InChI is InChI=1S/C20H31N/c1-4-14(2)16-7-9-17(10-8-16)20(21-3)13-19-12-15-5-6-18(19)11-15/h7-10,14-15,18-21H,4-6,11-13H2,1-3H3. The van der Waals surface area contributed by atoms with E-state index in [0.29, 0.717) is 12.0 Å². The van der Waals surface area contributed by atoms with Crippen LogP contribution in [-0.2, 0) is 0 Å². The van der Waals surface area contributed by atoms with Crippen molar-refractivity contribution in [3.05, 3.63) is 35.4 Å². The maximum Gasteiger partial charge on any atom is 0.0320 e. The van der Waals surface area contributed by atoms with Crippen molar-refractivity contribution in [1.82, 2.24) is 5.32 Å². The third-order valence-corrected chi connectivity index (χ3v) is 6.29. The summed E-state index contributed by atoms with van der Waals surface area (Å²) in [5, 5.41) is 3.57. The molecule has 5 unspecified atom stereocenters. The molecule has 1 aromatic carbocycles. The Bertz CT molecular complexity index is 449. The Balaban J connectivity index is 1.65. The molecule has 0 radical (unpaired) electrons. The predicted molar refractivity (Wildman–Crippen MR) is 90.5 cm³/mol. The highest BCUT2D eigenvalue weighted by Gasteiger charge is 2.40. The summed E-state index contributed by atoms with van der Waals surface area (Å²) in [4.78, 5) is 0. The Morgan fingerprint density at radius 2 is 1.81 bits per heavy atom. The van der Waals surface area contributed by atoms with Crippen LogP contribution in [-0.4, -0.2) is 7.05 Å². The zero-order chi connectivity index (χ0) is 14.8. The fraction of sp³-hybridized carbons (Fsp3) is 0.700. The molecule has 2 fully saturated rings. The van der Waals surface area contributed by atoms with Crippen molar-refractivity contribution in [1.29, 1.82) is 0 Å². The van der Waals surface area contributed by atoms with Gasteiger partial charge in [0.25, 0.3) is 0 Å². The van der Waals surface area contributed by atoms with Gasteiger partial charge in [0, 0.05) is 6.04 Å². The molecule has 0 heterocycles. The summed E-state index contributed by atoms with van der Waals surface area (Å²) in [6, 6.07) is 9.94. The van der Waals surface area contributed by atoms with E-state index in [0.717, 1.165) is 17.8 Å². The molecule has 116 valence electrons. The van der Waals surface area contributed by atoms with Gasteiger partial charge in [-0.05, 0) is 74.0 Å². The molecule has 1 N–H and O–H groups in total. The second-order valence-corrected chi connectivity index (χ2v) is 7.49. The highest BCUT2D eigenvalue weighted by atomic mass is 14.9. The lowest BCUT2D eigenvalue weighted by Gasteiger charge is -2.27. The molecule has 2 saturated carbocycles. The first kappa shape index (κ1) is 15.1. The molecule has 0 saturated heterocycles. The van der Waals surface area contributed by atoms with Crippen LogP contribution in [0.3, 0.4) is 0 Å². The monoisotopic (exact) mass is 285 g/mol. The lowest BCUT2D eigenvalue weighted by atomic mass is 9.82. The molecule has 21 heavy (non-hydrogen) atoms. The number of nitrogens with one attached hydrogen (secondary N) is 1. The highest BCUT2D eigenvalue weighted by molar-refractivity contribution is 5.27. The fourth-order valence-electron chi connectivity index (χ4n) is 4.68. The van der Waals surface area contributed by atoms with Crippen LogP contribution in [0.5, 0.6) is 0 Å². The minimum absolute atomic E-state index is 0.542. The van der Waals surface area contributed by atoms with E-state index < -0.39 is 0 Å². The first-order valence-electron chi connectivity index (χ1n) is 8.98. The maximum absolute atomic E-state index is 3.57. The van der Waals surface area contributed by atoms with Crippen molar-refractivity contribution in [3.63, 3.8) is 0 Å². The Hall–Kier alpha value is -0.820. The van der Waals surface area contributed by atoms with Gasteiger partial charge in [-0.1, -0.05) is 44.5 Å². The molecule has 2 aliphatic carbocycles. The predicted octanol–water partition coefficient (Wildman–Crippen LogP) is 5.29. The Morgan fingerprint density at radius 3 is 2.33 bits per heavy atom. The third kappa shape index (κ3) is 3.18. The lowest BCUT2D eigenvalue weighted by molar-refractivity contribution is 0.284. The van der Waals surface area contributed by atoms with Gasteiger partial charge in [-0.25, -0.2) is 0 Å². The minimum atomic E-state index is 0.542. The molecule has 0 aliphatic heterocycles. The summed E-state index contributed by atoms with van der Waals surface area (Å²) in [5.74, 6) is 3.74. The zero-order valence-electron chi connectivity index (χ0n) is 13.9. The van der Waals surface area contributed by atoms with Crippen LogP contribution < -0.4 is 5.32 Å². The molecule has 2 aliphatic rings. The molecular weight excluding hydrogens is 254 g/mol. The van der Waals surface area contributed by atoms with Crippen LogP contribution in [0, 0.1) is 17.8 Å². The second-order valence-electron chi connectivity index (χ2n) is 7.49. The van der Waals surface area contributed by atoms with E-state index in [1.54, 1.807) is 0 Å². The van der Waals surface area contributed by atoms with E-state index in [4.69, 9.17) is 0 Å². The molecule has 0 amide bonds. The summed E-state index contributed by atoms with van der Waals surface area (Å²) in [6.45, 7) is 4.59. The van der Waals surface area contributed by atoms with Crippen LogP contribution in [0.1, 0.15) is 75.5 Å². The third-order valence-electron chi connectivity index (χ3n) is 6.29. The fourth-order valence-corrected chi connectivity index (χ4v) is 4.68. The summed E-state index contributed by atoms with van der Waals surface area (Å²) in [6.07, 6.45) is 8.58. The van der Waals surface area contributed by atoms with Crippen molar-refractivity contribution in [2.24, 2.45) is 17.8 Å². The van der Waals surface area contributed by atoms with Crippen molar-refractivity contribution in [3.8, 4) is 0 Å². The van der Waals surface area contributed by atoms with E-state index in [2.05, 4.69) is 50.5 Å². The SMILES string of the molecule is CCC(C)c1ccc(C(CC2CC3CCC2C3)NC)cc1. The second kappa shape index (κ2) is 6.52. The van der Waals surface area contributed by atoms with E-state index in [1.807, 2.05) is 0 Å². The van der Waals surface area contributed by atoms with E-state index in [-0.39, 0.29) is 0 Å². The first-order valence-corrected chi connectivity index (χ1v) is 8.98. The van der Waals surface area contributed by atoms with Crippen LogP contribution >= 0.6 is 0 Å². The average Bonchev–Trinajstić information content (AvgIpc) is 3.14. The molecular formula is C20H31N. The van der Waals surface area contributed by atoms with Crippen LogP contribution in [0.2, 0.25) is 0 Å². The van der Waals surface area contributed by atoms with E-state index in [9.17, 15) is 0 Å². The quantitative estimate of drug-likeness (QED) is 0.749. The Kier molecular flexibility index (Phi) is 4.69. The molecule has 1 heteroatoms. The van der Waals surface area contributed by atoms with Gasteiger partial charge in [-0.15, -0.1) is 0 Å². The van der Waals surface area contributed by atoms with Gasteiger partial charge in [0.1, 0.15) is 0 Å². The topological polar surface area (TPSA) is 12.0 Å². The van der Waals surface area contributed by atoms with Crippen molar-refractivity contribution in [2.45, 2.75) is 64.3 Å². The summed E-state index contributed by atoms with van der Waals surface area (Å²) >= 11 is 0. The number of fused-ring (bicyclic) bond motifs is 2. The zero-order valence-corrected chi connectivity index (χ0v) is 13.9. The first-order chi connectivity index (χ1) is 10.2. The molecule has 1 nitrogen and oxygen atoms in total. The van der Waals surface area contributed by atoms with Crippen LogP contribution in [0.15, 0.2) is 24.3 Å². The molecule has 3 rings (SSSR count). The Morgan fingerprint density at radius 1 is 1.10 bits per heavy atom. The molecule has 1 aromatic rings. The largest absolute Gasteiger partial charge is 0.313 e. The molecule has 2 bridgehead atoms. The number of benzene rings is 1. The molecule has 0 aromatic heterocycles. The average molecular weight is 285 g/mol. The van der Waals surface area contributed by atoms with Crippen molar-refractivity contribution < 1.29 is 0 Å². The van der Waals surface area contributed by atoms with E-state index >= 15 is 0 Å².